The van der Waals surface area contributed by atoms with E-state index in [0.717, 1.165) is 11.4 Å². The summed E-state index contributed by atoms with van der Waals surface area (Å²) in [5, 5.41) is 9.76. The first kappa shape index (κ1) is 16.7. The third-order valence-corrected chi connectivity index (χ3v) is 3.82. The molecule has 3 aromatic rings. The summed E-state index contributed by atoms with van der Waals surface area (Å²) in [5.41, 5.74) is 3.12. The van der Waals surface area contributed by atoms with Gasteiger partial charge in [0.05, 0.1) is 5.69 Å². The quantitative estimate of drug-likeness (QED) is 0.745. The maximum absolute atomic E-state index is 13.5. The van der Waals surface area contributed by atoms with Crippen LogP contribution in [0.3, 0.4) is 0 Å². The Hall–Kier alpha value is -3.15. The summed E-state index contributed by atoms with van der Waals surface area (Å²) in [7, 11) is 0. The molecule has 0 fully saturated rings. The summed E-state index contributed by atoms with van der Waals surface area (Å²) in [4.78, 5) is 12.0. The minimum absolute atomic E-state index is 0.257. The number of aromatic nitrogens is 2. The van der Waals surface area contributed by atoms with E-state index in [1.165, 1.54) is 6.07 Å². The number of hydrogen-bond donors (Lipinski definition) is 2. The maximum Gasteiger partial charge on any atom is 0.319 e. The number of carbonyl (C=O) groups is 1. The molecule has 25 heavy (non-hydrogen) atoms. The summed E-state index contributed by atoms with van der Waals surface area (Å²) >= 11 is 0. The Labute approximate surface area is 145 Å². The van der Waals surface area contributed by atoms with Gasteiger partial charge in [0.2, 0.25) is 0 Å². The molecule has 0 unspecified atom stereocenters. The SMILES string of the molecule is Cc1ccnn1-c1cccc(NC(=O)NCCc2ccccc2F)c1. The summed E-state index contributed by atoms with van der Waals surface area (Å²) in [6.07, 6.45) is 2.16. The second-order valence-electron chi connectivity index (χ2n) is 5.66. The van der Waals surface area contributed by atoms with Crippen LogP contribution in [0.4, 0.5) is 14.9 Å². The summed E-state index contributed by atoms with van der Waals surface area (Å²) < 4.78 is 15.3. The number of amides is 2. The van der Waals surface area contributed by atoms with Gasteiger partial charge in [-0.05, 0) is 49.2 Å². The van der Waals surface area contributed by atoms with Gasteiger partial charge in [0.15, 0.2) is 0 Å². The van der Waals surface area contributed by atoms with Crippen LogP contribution in [-0.4, -0.2) is 22.4 Å². The van der Waals surface area contributed by atoms with Gasteiger partial charge in [-0.1, -0.05) is 24.3 Å². The molecule has 0 saturated carbocycles. The van der Waals surface area contributed by atoms with Crippen molar-refractivity contribution in [3.8, 4) is 5.69 Å². The lowest BCUT2D eigenvalue weighted by Gasteiger charge is -2.10. The van der Waals surface area contributed by atoms with E-state index in [1.807, 2.05) is 31.2 Å². The lowest BCUT2D eigenvalue weighted by molar-refractivity contribution is 0.252. The Morgan fingerprint density at radius 3 is 2.76 bits per heavy atom. The largest absolute Gasteiger partial charge is 0.338 e. The number of hydrogen-bond acceptors (Lipinski definition) is 2. The third kappa shape index (κ3) is 4.23. The molecule has 0 aliphatic rings. The topological polar surface area (TPSA) is 59.0 Å². The minimum atomic E-state index is -0.328. The van der Waals surface area contributed by atoms with E-state index >= 15 is 0 Å². The molecule has 2 aromatic carbocycles. The number of nitrogens with zero attached hydrogens (tertiary/aromatic N) is 2. The van der Waals surface area contributed by atoms with Gasteiger partial charge in [-0.2, -0.15) is 5.10 Å². The molecule has 6 heteroatoms. The fourth-order valence-corrected chi connectivity index (χ4v) is 2.54. The number of nitrogens with one attached hydrogen (secondary N) is 2. The highest BCUT2D eigenvalue weighted by molar-refractivity contribution is 5.89. The fraction of sp³-hybridized carbons (Fsp3) is 0.158. The highest BCUT2D eigenvalue weighted by Crippen LogP contribution is 2.15. The Balaban J connectivity index is 1.56. The van der Waals surface area contributed by atoms with E-state index < -0.39 is 0 Å². The van der Waals surface area contributed by atoms with Crippen LogP contribution < -0.4 is 10.6 Å². The molecule has 3 rings (SSSR count). The zero-order valence-electron chi connectivity index (χ0n) is 13.9. The summed E-state index contributed by atoms with van der Waals surface area (Å²) in [6.45, 7) is 2.31. The molecule has 2 amide bonds. The lowest BCUT2D eigenvalue weighted by atomic mass is 10.1. The van der Waals surface area contributed by atoms with Crippen molar-refractivity contribution in [3.63, 3.8) is 0 Å². The van der Waals surface area contributed by atoms with Crippen molar-refractivity contribution in [1.29, 1.82) is 0 Å². The third-order valence-electron chi connectivity index (χ3n) is 3.82. The Morgan fingerprint density at radius 1 is 1.16 bits per heavy atom. The number of anilines is 1. The zero-order chi connectivity index (χ0) is 17.6. The van der Waals surface area contributed by atoms with E-state index in [-0.39, 0.29) is 11.8 Å². The highest BCUT2D eigenvalue weighted by atomic mass is 19.1. The highest BCUT2D eigenvalue weighted by Gasteiger charge is 2.06. The predicted molar refractivity (Wildman–Crippen MR) is 95.4 cm³/mol. The maximum atomic E-state index is 13.5. The molecule has 0 atom stereocenters. The summed E-state index contributed by atoms with van der Waals surface area (Å²) in [5.74, 6) is -0.257. The van der Waals surface area contributed by atoms with Crippen LogP contribution in [0.15, 0.2) is 60.8 Å². The van der Waals surface area contributed by atoms with Crippen LogP contribution >= 0.6 is 0 Å². The van der Waals surface area contributed by atoms with Crippen molar-refractivity contribution < 1.29 is 9.18 Å². The smallest absolute Gasteiger partial charge is 0.319 e. The van der Waals surface area contributed by atoms with Crippen molar-refractivity contribution in [1.82, 2.24) is 15.1 Å². The van der Waals surface area contributed by atoms with Gasteiger partial charge in [-0.15, -0.1) is 0 Å². The number of carbonyl (C=O) groups excluding carboxylic acids is 1. The minimum Gasteiger partial charge on any atom is -0.338 e. The predicted octanol–water partition coefficient (Wildman–Crippen LogP) is 3.68. The van der Waals surface area contributed by atoms with Crippen molar-refractivity contribution in [2.24, 2.45) is 0 Å². The number of benzene rings is 2. The fourth-order valence-electron chi connectivity index (χ4n) is 2.54. The Bertz CT molecular complexity index is 875. The van der Waals surface area contributed by atoms with Crippen LogP contribution in [0, 0.1) is 12.7 Å². The molecule has 0 spiro atoms. The van der Waals surface area contributed by atoms with Gasteiger partial charge in [0, 0.05) is 24.1 Å². The molecule has 0 aliphatic heterocycles. The van der Waals surface area contributed by atoms with Crippen molar-refractivity contribution in [2.45, 2.75) is 13.3 Å². The molecular weight excluding hydrogens is 319 g/mol. The van der Waals surface area contributed by atoms with Crippen LogP contribution in [0.25, 0.3) is 5.69 Å². The van der Waals surface area contributed by atoms with Gasteiger partial charge < -0.3 is 10.6 Å². The molecule has 2 N–H and O–H groups in total. The molecule has 0 radical (unpaired) electrons. The van der Waals surface area contributed by atoms with E-state index in [0.29, 0.717) is 24.2 Å². The number of urea groups is 1. The van der Waals surface area contributed by atoms with E-state index in [4.69, 9.17) is 0 Å². The van der Waals surface area contributed by atoms with Gasteiger partial charge in [-0.3, -0.25) is 0 Å². The number of aryl methyl sites for hydroxylation is 1. The Kier molecular flexibility index (Phi) is 5.09. The monoisotopic (exact) mass is 338 g/mol. The first-order chi connectivity index (χ1) is 12.1. The second kappa shape index (κ2) is 7.61. The lowest BCUT2D eigenvalue weighted by Crippen LogP contribution is -2.30. The van der Waals surface area contributed by atoms with Crippen LogP contribution in [-0.2, 0) is 6.42 Å². The van der Waals surface area contributed by atoms with Crippen molar-refractivity contribution in [2.75, 3.05) is 11.9 Å². The van der Waals surface area contributed by atoms with Crippen LogP contribution in [0.2, 0.25) is 0 Å². The zero-order valence-corrected chi connectivity index (χ0v) is 13.9. The van der Waals surface area contributed by atoms with E-state index in [9.17, 15) is 9.18 Å². The van der Waals surface area contributed by atoms with Crippen molar-refractivity contribution >= 4 is 11.7 Å². The summed E-state index contributed by atoms with van der Waals surface area (Å²) in [6, 6.07) is 15.6. The average molecular weight is 338 g/mol. The van der Waals surface area contributed by atoms with Gasteiger partial charge in [0.25, 0.3) is 0 Å². The molecular formula is C19H19FN4O. The van der Waals surface area contributed by atoms with E-state index in [1.54, 1.807) is 35.1 Å². The first-order valence-electron chi connectivity index (χ1n) is 8.03. The van der Waals surface area contributed by atoms with Crippen LogP contribution in [0.5, 0.6) is 0 Å². The second-order valence-corrected chi connectivity index (χ2v) is 5.66. The molecule has 5 nitrogen and oxygen atoms in total. The van der Waals surface area contributed by atoms with Crippen molar-refractivity contribution in [3.05, 3.63) is 77.9 Å². The first-order valence-corrected chi connectivity index (χ1v) is 8.03. The Morgan fingerprint density at radius 2 is 2.00 bits per heavy atom. The normalized spacial score (nSPS) is 10.5. The average Bonchev–Trinajstić information content (AvgIpc) is 3.03. The molecule has 0 bridgehead atoms. The number of rotatable bonds is 5. The molecule has 0 aliphatic carbocycles. The number of halogens is 1. The molecule has 128 valence electrons. The van der Waals surface area contributed by atoms with Gasteiger partial charge in [-0.25, -0.2) is 13.9 Å². The van der Waals surface area contributed by atoms with E-state index in [2.05, 4.69) is 15.7 Å². The van der Waals surface area contributed by atoms with Gasteiger partial charge >= 0.3 is 6.03 Å². The van der Waals surface area contributed by atoms with Crippen LogP contribution in [0.1, 0.15) is 11.3 Å². The molecule has 0 saturated heterocycles. The molecule has 1 aromatic heterocycles. The standard InChI is InChI=1S/C19H19FN4O/c1-14-9-12-22-24(14)17-7-4-6-16(13-17)23-19(25)21-11-10-15-5-2-3-8-18(15)20/h2-9,12-13H,10-11H2,1H3,(H2,21,23,25). The molecule has 1 heterocycles. The van der Waals surface area contributed by atoms with Gasteiger partial charge in [0.1, 0.15) is 5.82 Å².